The van der Waals surface area contributed by atoms with Crippen LogP contribution in [0.25, 0.3) is 22.2 Å². The molecule has 3 aromatic rings. The maximum atomic E-state index is 8.94. The Morgan fingerprint density at radius 2 is 1.78 bits per heavy atom. The summed E-state index contributed by atoms with van der Waals surface area (Å²) in [5, 5.41) is 8.94. The van der Waals surface area contributed by atoms with Crippen molar-refractivity contribution in [2.75, 3.05) is 6.54 Å². The van der Waals surface area contributed by atoms with Crippen LogP contribution in [0.1, 0.15) is 44.6 Å². The molecule has 4 heteroatoms. The molecule has 4 nitrogen and oxygen atoms in total. The summed E-state index contributed by atoms with van der Waals surface area (Å²) >= 11 is 0. The summed E-state index contributed by atoms with van der Waals surface area (Å²) in [5.41, 5.74) is 4.57. The van der Waals surface area contributed by atoms with Crippen molar-refractivity contribution in [1.82, 2.24) is 9.88 Å². The third kappa shape index (κ3) is 3.74. The van der Waals surface area contributed by atoms with Crippen molar-refractivity contribution in [3.8, 4) is 17.2 Å². The van der Waals surface area contributed by atoms with Crippen LogP contribution < -0.4 is 0 Å². The van der Waals surface area contributed by atoms with Crippen LogP contribution in [0.5, 0.6) is 0 Å². The standard InChI is InChI=1S/C23H25N3O/c1-16-4-3-5-17(2)26(16)13-12-23-25-21-14-20(10-11-22(21)27-23)19-8-6-18(15-24)7-9-19/h6-11,14,16-17H,3-5,12-13H2,1-2H3/t16-,17+. The number of nitrogens with zero attached hydrogens (tertiary/aromatic N) is 3. The Kier molecular flexibility index (Phi) is 4.96. The zero-order valence-corrected chi connectivity index (χ0v) is 16.0. The number of fused-ring (bicyclic) bond motifs is 1. The van der Waals surface area contributed by atoms with Crippen LogP contribution in [0.4, 0.5) is 0 Å². The summed E-state index contributed by atoms with van der Waals surface area (Å²) in [6.45, 7) is 5.65. The van der Waals surface area contributed by atoms with Crippen LogP contribution >= 0.6 is 0 Å². The molecular weight excluding hydrogens is 334 g/mol. The van der Waals surface area contributed by atoms with E-state index in [2.05, 4.69) is 30.9 Å². The van der Waals surface area contributed by atoms with Gasteiger partial charge in [-0.1, -0.05) is 24.6 Å². The van der Waals surface area contributed by atoms with Crippen LogP contribution in [0, 0.1) is 11.3 Å². The van der Waals surface area contributed by atoms with Gasteiger partial charge in [-0.05, 0) is 62.1 Å². The van der Waals surface area contributed by atoms with Crippen molar-refractivity contribution in [2.45, 2.75) is 51.6 Å². The lowest BCUT2D eigenvalue weighted by atomic mass is 9.97. The highest BCUT2D eigenvalue weighted by atomic mass is 16.3. The van der Waals surface area contributed by atoms with E-state index in [1.807, 2.05) is 36.4 Å². The number of hydrogen-bond donors (Lipinski definition) is 0. The van der Waals surface area contributed by atoms with Gasteiger partial charge in [0.15, 0.2) is 11.5 Å². The lowest BCUT2D eigenvalue weighted by Gasteiger charge is -2.38. The van der Waals surface area contributed by atoms with Crippen molar-refractivity contribution >= 4 is 11.1 Å². The van der Waals surface area contributed by atoms with Gasteiger partial charge >= 0.3 is 0 Å². The number of rotatable bonds is 4. The summed E-state index contributed by atoms with van der Waals surface area (Å²) in [4.78, 5) is 7.31. The van der Waals surface area contributed by atoms with Crippen LogP contribution in [-0.2, 0) is 6.42 Å². The molecule has 0 aliphatic carbocycles. The fourth-order valence-electron chi connectivity index (χ4n) is 4.14. The number of hydrogen-bond acceptors (Lipinski definition) is 4. The van der Waals surface area contributed by atoms with Crippen LogP contribution in [0.15, 0.2) is 46.9 Å². The van der Waals surface area contributed by atoms with Gasteiger partial charge in [-0.15, -0.1) is 0 Å². The molecule has 0 spiro atoms. The number of oxazole rings is 1. The summed E-state index contributed by atoms with van der Waals surface area (Å²) in [7, 11) is 0. The molecule has 0 saturated carbocycles. The highest BCUT2D eigenvalue weighted by molar-refractivity contribution is 5.80. The highest BCUT2D eigenvalue weighted by Gasteiger charge is 2.24. The van der Waals surface area contributed by atoms with Crippen LogP contribution in [0.3, 0.4) is 0 Å². The molecule has 1 saturated heterocycles. The average molecular weight is 359 g/mol. The Balaban J connectivity index is 1.51. The van der Waals surface area contributed by atoms with E-state index < -0.39 is 0 Å². The molecule has 0 unspecified atom stereocenters. The van der Waals surface area contributed by atoms with E-state index in [-0.39, 0.29) is 0 Å². The summed E-state index contributed by atoms with van der Waals surface area (Å²) in [5.74, 6) is 0.812. The number of likely N-dealkylation sites (tertiary alicyclic amines) is 1. The molecule has 4 rings (SSSR count). The van der Waals surface area contributed by atoms with Gasteiger partial charge in [-0.25, -0.2) is 4.98 Å². The van der Waals surface area contributed by atoms with Gasteiger partial charge in [0, 0.05) is 25.0 Å². The number of piperidine rings is 1. The molecule has 1 aromatic heterocycles. The zero-order valence-electron chi connectivity index (χ0n) is 16.0. The molecular formula is C23H25N3O. The number of nitriles is 1. The largest absolute Gasteiger partial charge is 0.441 e. The zero-order chi connectivity index (χ0) is 18.8. The maximum Gasteiger partial charge on any atom is 0.196 e. The predicted molar refractivity (Wildman–Crippen MR) is 107 cm³/mol. The van der Waals surface area contributed by atoms with Crippen molar-refractivity contribution in [3.05, 3.63) is 53.9 Å². The third-order valence-electron chi connectivity index (χ3n) is 5.74. The lowest BCUT2D eigenvalue weighted by Crippen LogP contribution is -2.44. The fraction of sp³-hybridized carbons (Fsp3) is 0.391. The second kappa shape index (κ2) is 7.54. The van der Waals surface area contributed by atoms with Crippen molar-refractivity contribution in [2.24, 2.45) is 0 Å². The lowest BCUT2D eigenvalue weighted by molar-refractivity contribution is 0.103. The van der Waals surface area contributed by atoms with Gasteiger partial charge in [0.25, 0.3) is 0 Å². The summed E-state index contributed by atoms with van der Waals surface area (Å²) in [6.07, 6.45) is 4.74. The molecule has 1 aliphatic rings. The summed E-state index contributed by atoms with van der Waals surface area (Å²) in [6, 6.07) is 17.2. The van der Waals surface area contributed by atoms with E-state index >= 15 is 0 Å². The summed E-state index contributed by atoms with van der Waals surface area (Å²) < 4.78 is 5.98. The first kappa shape index (κ1) is 17.8. The Morgan fingerprint density at radius 3 is 2.48 bits per heavy atom. The monoisotopic (exact) mass is 359 g/mol. The molecule has 27 heavy (non-hydrogen) atoms. The van der Waals surface area contributed by atoms with E-state index in [0.29, 0.717) is 17.6 Å². The van der Waals surface area contributed by atoms with E-state index in [9.17, 15) is 0 Å². The molecule has 0 radical (unpaired) electrons. The van der Waals surface area contributed by atoms with Crippen LogP contribution in [-0.4, -0.2) is 28.5 Å². The fourth-order valence-corrected chi connectivity index (χ4v) is 4.14. The molecule has 0 N–H and O–H groups in total. The molecule has 2 atom stereocenters. The van der Waals surface area contributed by atoms with E-state index in [1.54, 1.807) is 0 Å². The first-order valence-corrected chi connectivity index (χ1v) is 9.80. The molecule has 1 fully saturated rings. The van der Waals surface area contributed by atoms with Crippen molar-refractivity contribution in [3.63, 3.8) is 0 Å². The first-order chi connectivity index (χ1) is 13.1. The Labute approximate surface area is 160 Å². The topological polar surface area (TPSA) is 53.1 Å². The molecule has 1 aliphatic heterocycles. The maximum absolute atomic E-state index is 8.94. The smallest absolute Gasteiger partial charge is 0.196 e. The molecule has 2 heterocycles. The highest BCUT2D eigenvalue weighted by Crippen LogP contribution is 2.26. The average Bonchev–Trinajstić information content (AvgIpc) is 3.09. The minimum atomic E-state index is 0.640. The van der Waals surface area contributed by atoms with E-state index in [1.165, 1.54) is 19.3 Å². The minimum Gasteiger partial charge on any atom is -0.441 e. The van der Waals surface area contributed by atoms with Gasteiger partial charge < -0.3 is 4.42 Å². The van der Waals surface area contributed by atoms with Gasteiger partial charge in [-0.3, -0.25) is 4.90 Å². The second-order valence-electron chi connectivity index (χ2n) is 7.60. The van der Waals surface area contributed by atoms with E-state index in [4.69, 9.17) is 14.7 Å². The SMILES string of the molecule is C[C@@H]1CCC[C@H](C)N1CCc1nc2cc(-c3ccc(C#N)cc3)ccc2o1. The van der Waals surface area contributed by atoms with Gasteiger partial charge in [0.2, 0.25) is 0 Å². The molecule has 0 bridgehead atoms. The van der Waals surface area contributed by atoms with Gasteiger partial charge in [0.05, 0.1) is 11.6 Å². The Bertz CT molecular complexity index is 957. The first-order valence-electron chi connectivity index (χ1n) is 9.80. The van der Waals surface area contributed by atoms with Crippen molar-refractivity contribution in [1.29, 1.82) is 5.26 Å². The Hall–Kier alpha value is -2.64. The quantitative estimate of drug-likeness (QED) is 0.645. The number of aromatic nitrogens is 1. The second-order valence-corrected chi connectivity index (χ2v) is 7.60. The van der Waals surface area contributed by atoms with Gasteiger partial charge in [0.1, 0.15) is 5.52 Å². The molecule has 2 aromatic carbocycles. The van der Waals surface area contributed by atoms with E-state index in [0.717, 1.165) is 41.1 Å². The predicted octanol–water partition coefficient (Wildman–Crippen LogP) is 5.17. The number of benzene rings is 2. The minimum absolute atomic E-state index is 0.640. The molecule has 138 valence electrons. The van der Waals surface area contributed by atoms with Gasteiger partial charge in [-0.2, -0.15) is 5.26 Å². The van der Waals surface area contributed by atoms with Crippen LogP contribution in [0.2, 0.25) is 0 Å². The molecule has 0 amide bonds. The van der Waals surface area contributed by atoms with Crippen molar-refractivity contribution < 1.29 is 4.42 Å². The normalized spacial score (nSPS) is 20.6. The third-order valence-corrected chi connectivity index (χ3v) is 5.74. The Morgan fingerprint density at radius 1 is 1.07 bits per heavy atom.